The lowest BCUT2D eigenvalue weighted by molar-refractivity contribution is -0.122. The number of carbonyl (C=O) groups is 2. The summed E-state index contributed by atoms with van der Waals surface area (Å²) in [7, 11) is 0. The zero-order valence-corrected chi connectivity index (χ0v) is 18.3. The van der Waals surface area contributed by atoms with E-state index >= 15 is 0 Å². The number of nitrogens with zero attached hydrogens (tertiary/aromatic N) is 1. The van der Waals surface area contributed by atoms with Gasteiger partial charge in [-0.25, -0.2) is 0 Å². The van der Waals surface area contributed by atoms with Crippen LogP contribution in [-0.2, 0) is 16.0 Å². The molecule has 0 radical (unpaired) electrons. The summed E-state index contributed by atoms with van der Waals surface area (Å²) < 4.78 is 0. The minimum absolute atomic E-state index is 0.0164. The standard InChI is InChI=1S/C21H29N3O3S2/c1-2-6-16-10-19(26)23-17(9-14-7-4-3-5-8-14)21-24-18(13-29-21)20(27)22-15(11-25)12-28-16/h3-5,7-8,15-18,25H,2,6,9-13H2,1H3,(H,22,27)(H,23,26)/t15-,16?,17+,18-/m1/s1. The van der Waals surface area contributed by atoms with Crippen molar-refractivity contribution >= 4 is 40.4 Å². The van der Waals surface area contributed by atoms with E-state index in [0.29, 0.717) is 24.3 Å². The fourth-order valence-electron chi connectivity index (χ4n) is 3.48. The molecule has 29 heavy (non-hydrogen) atoms. The Kier molecular flexibility index (Phi) is 8.44. The molecule has 1 unspecified atom stereocenters. The Morgan fingerprint density at radius 3 is 2.69 bits per heavy atom. The van der Waals surface area contributed by atoms with Gasteiger partial charge < -0.3 is 15.7 Å². The molecule has 0 saturated carbocycles. The zero-order valence-electron chi connectivity index (χ0n) is 16.7. The number of fused-ring (bicyclic) bond motifs is 1. The number of aliphatic imine (C=N–C) groups is 1. The number of hydrogen-bond acceptors (Lipinski definition) is 6. The molecule has 4 atom stereocenters. The number of amides is 2. The Hall–Kier alpha value is -1.51. The summed E-state index contributed by atoms with van der Waals surface area (Å²) in [5.74, 6) is 1.02. The molecule has 0 spiro atoms. The first-order valence-electron chi connectivity index (χ1n) is 10.2. The molecular formula is C21H29N3O3S2. The average molecular weight is 436 g/mol. The number of rotatable bonds is 5. The Bertz CT molecular complexity index is 729. The molecule has 2 heterocycles. The Labute approximate surface area is 180 Å². The molecule has 0 saturated heterocycles. The van der Waals surface area contributed by atoms with Crippen molar-refractivity contribution in [3.63, 3.8) is 0 Å². The lowest BCUT2D eigenvalue weighted by atomic mass is 10.1. The summed E-state index contributed by atoms with van der Waals surface area (Å²) in [5, 5.41) is 16.7. The first-order valence-corrected chi connectivity index (χ1v) is 12.2. The highest BCUT2D eigenvalue weighted by Gasteiger charge is 2.32. The summed E-state index contributed by atoms with van der Waals surface area (Å²) in [6.45, 7) is 1.99. The molecular weight excluding hydrogens is 406 g/mol. The van der Waals surface area contributed by atoms with Crippen molar-refractivity contribution in [2.45, 2.75) is 56.0 Å². The van der Waals surface area contributed by atoms with Gasteiger partial charge in [-0.2, -0.15) is 11.8 Å². The van der Waals surface area contributed by atoms with Gasteiger partial charge >= 0.3 is 0 Å². The normalized spacial score (nSPS) is 28.4. The summed E-state index contributed by atoms with van der Waals surface area (Å²) >= 11 is 3.19. The van der Waals surface area contributed by atoms with Crippen LogP contribution in [0.15, 0.2) is 35.3 Å². The van der Waals surface area contributed by atoms with E-state index in [1.165, 1.54) is 11.8 Å². The Morgan fingerprint density at radius 1 is 1.17 bits per heavy atom. The van der Waals surface area contributed by atoms with Gasteiger partial charge in [0.2, 0.25) is 11.8 Å². The first kappa shape index (κ1) is 22.2. The monoisotopic (exact) mass is 435 g/mol. The van der Waals surface area contributed by atoms with Crippen LogP contribution in [0.3, 0.4) is 0 Å². The Morgan fingerprint density at radius 2 is 1.97 bits per heavy atom. The molecule has 158 valence electrons. The molecule has 2 aliphatic heterocycles. The molecule has 6 nitrogen and oxygen atoms in total. The van der Waals surface area contributed by atoms with Gasteiger partial charge in [0.1, 0.15) is 6.04 Å². The minimum Gasteiger partial charge on any atom is -0.394 e. The predicted molar refractivity (Wildman–Crippen MR) is 121 cm³/mol. The van der Waals surface area contributed by atoms with E-state index in [2.05, 4.69) is 22.5 Å². The van der Waals surface area contributed by atoms with Crippen molar-refractivity contribution in [1.82, 2.24) is 10.6 Å². The van der Waals surface area contributed by atoms with Crippen LogP contribution >= 0.6 is 23.5 Å². The third-order valence-electron chi connectivity index (χ3n) is 5.01. The van der Waals surface area contributed by atoms with Crippen molar-refractivity contribution in [3.8, 4) is 0 Å². The second kappa shape index (κ2) is 11.0. The van der Waals surface area contributed by atoms with Gasteiger partial charge in [-0.15, -0.1) is 11.8 Å². The van der Waals surface area contributed by atoms with Gasteiger partial charge in [-0.3, -0.25) is 14.6 Å². The molecule has 3 rings (SSSR count). The van der Waals surface area contributed by atoms with E-state index in [0.717, 1.165) is 23.4 Å². The molecule has 3 N–H and O–H groups in total. The van der Waals surface area contributed by atoms with Crippen molar-refractivity contribution < 1.29 is 14.7 Å². The van der Waals surface area contributed by atoms with E-state index in [-0.39, 0.29) is 35.8 Å². The largest absolute Gasteiger partial charge is 0.394 e. The highest BCUT2D eigenvalue weighted by atomic mass is 32.2. The van der Waals surface area contributed by atoms with Gasteiger partial charge in [0.05, 0.1) is 23.7 Å². The second-order valence-corrected chi connectivity index (χ2v) is 9.81. The Balaban J connectivity index is 1.83. The number of benzene rings is 1. The van der Waals surface area contributed by atoms with Crippen LogP contribution in [-0.4, -0.2) is 63.5 Å². The SMILES string of the molecule is CCCC1CC(=O)N[C@@H](Cc2ccccc2)C2=N[C@H](CS2)C(=O)N[C@H](CO)CS1. The smallest absolute Gasteiger partial charge is 0.246 e. The predicted octanol–water partition coefficient (Wildman–Crippen LogP) is 2.01. The maximum atomic E-state index is 12.8. The molecule has 1 aromatic rings. The third kappa shape index (κ3) is 6.49. The maximum absolute atomic E-state index is 12.8. The molecule has 2 bridgehead atoms. The van der Waals surface area contributed by atoms with E-state index in [4.69, 9.17) is 0 Å². The van der Waals surface area contributed by atoms with Crippen LogP contribution in [0.1, 0.15) is 31.7 Å². The first-order chi connectivity index (χ1) is 14.1. The van der Waals surface area contributed by atoms with Gasteiger partial charge in [0, 0.05) is 23.2 Å². The van der Waals surface area contributed by atoms with Crippen molar-refractivity contribution in [2.24, 2.45) is 4.99 Å². The number of hydrogen-bond donors (Lipinski definition) is 3. The molecule has 2 amide bonds. The lowest BCUT2D eigenvalue weighted by Gasteiger charge is -2.22. The molecule has 8 heteroatoms. The van der Waals surface area contributed by atoms with Crippen LogP contribution < -0.4 is 10.6 Å². The second-order valence-electron chi connectivity index (χ2n) is 7.44. The van der Waals surface area contributed by atoms with Crippen LogP contribution in [0.5, 0.6) is 0 Å². The molecule has 0 aliphatic carbocycles. The van der Waals surface area contributed by atoms with Gasteiger partial charge in [-0.1, -0.05) is 43.7 Å². The summed E-state index contributed by atoms with van der Waals surface area (Å²) in [6.07, 6.45) is 2.99. The molecule has 1 aromatic carbocycles. The van der Waals surface area contributed by atoms with E-state index in [9.17, 15) is 14.7 Å². The number of nitrogens with one attached hydrogen (secondary N) is 2. The van der Waals surface area contributed by atoms with Gasteiger partial charge in [-0.05, 0) is 18.4 Å². The van der Waals surface area contributed by atoms with Gasteiger partial charge in [0.15, 0.2) is 0 Å². The van der Waals surface area contributed by atoms with Crippen LogP contribution in [0.2, 0.25) is 0 Å². The zero-order chi connectivity index (χ0) is 20.6. The van der Waals surface area contributed by atoms with Crippen molar-refractivity contribution in [3.05, 3.63) is 35.9 Å². The number of aliphatic hydroxyl groups excluding tert-OH is 1. The van der Waals surface area contributed by atoms with E-state index in [1.54, 1.807) is 11.8 Å². The van der Waals surface area contributed by atoms with Gasteiger partial charge in [0.25, 0.3) is 0 Å². The summed E-state index contributed by atoms with van der Waals surface area (Å²) in [4.78, 5) is 30.1. The average Bonchev–Trinajstić information content (AvgIpc) is 3.21. The topological polar surface area (TPSA) is 90.8 Å². The van der Waals surface area contributed by atoms with Crippen LogP contribution in [0.4, 0.5) is 0 Å². The summed E-state index contributed by atoms with van der Waals surface area (Å²) in [6, 6.07) is 9.00. The molecule has 0 fully saturated rings. The van der Waals surface area contributed by atoms with Crippen molar-refractivity contribution in [1.29, 1.82) is 0 Å². The minimum atomic E-state index is -0.476. The molecule has 2 aliphatic rings. The highest BCUT2D eigenvalue weighted by Crippen LogP contribution is 2.25. The fraction of sp³-hybridized carbons (Fsp3) is 0.571. The number of carbonyl (C=O) groups excluding carboxylic acids is 2. The number of aliphatic hydroxyl groups is 1. The number of thioether (sulfide) groups is 2. The highest BCUT2D eigenvalue weighted by molar-refractivity contribution is 8.14. The van der Waals surface area contributed by atoms with E-state index < -0.39 is 6.04 Å². The quantitative estimate of drug-likeness (QED) is 0.658. The third-order valence-corrected chi connectivity index (χ3v) is 7.65. The van der Waals surface area contributed by atoms with E-state index in [1.807, 2.05) is 30.3 Å². The summed E-state index contributed by atoms with van der Waals surface area (Å²) in [5.41, 5.74) is 1.12. The van der Waals surface area contributed by atoms with Crippen LogP contribution in [0.25, 0.3) is 0 Å². The van der Waals surface area contributed by atoms with Crippen LogP contribution in [0, 0.1) is 0 Å². The fourth-order valence-corrected chi connectivity index (χ4v) is 5.95. The van der Waals surface area contributed by atoms with Crippen molar-refractivity contribution in [2.75, 3.05) is 18.1 Å². The lowest BCUT2D eigenvalue weighted by Crippen LogP contribution is -2.44. The maximum Gasteiger partial charge on any atom is 0.246 e. The molecule has 0 aromatic heterocycles.